The van der Waals surface area contributed by atoms with Crippen LogP contribution in [0.1, 0.15) is 47.8 Å². The first kappa shape index (κ1) is 17.0. The number of rotatable bonds is 2. The molecule has 0 aromatic heterocycles. The number of benzene rings is 3. The first-order chi connectivity index (χ1) is 12.9. The van der Waals surface area contributed by atoms with Crippen LogP contribution in [0.5, 0.6) is 0 Å². The van der Waals surface area contributed by atoms with Crippen molar-refractivity contribution in [2.45, 2.75) is 0 Å². The lowest BCUT2D eigenvalue weighted by molar-refractivity contribution is 0.0979. The molecule has 0 aliphatic heterocycles. The molecule has 1 aliphatic carbocycles. The molecule has 0 saturated carbocycles. The van der Waals surface area contributed by atoms with Crippen molar-refractivity contribution < 1.29 is 14.4 Å². The lowest BCUT2D eigenvalue weighted by Crippen LogP contribution is -2.25. The first-order valence-electron chi connectivity index (χ1n) is 8.10. The van der Waals surface area contributed by atoms with Crippen molar-refractivity contribution in [1.82, 2.24) is 0 Å². The number of nitrogen functional groups attached to an aromatic ring is 2. The predicted molar refractivity (Wildman–Crippen MR) is 103 cm³/mol. The Morgan fingerprint density at radius 3 is 1.96 bits per heavy atom. The Labute approximate surface area is 159 Å². The molecule has 132 valence electrons. The number of hydrogen-bond acceptors (Lipinski definition) is 5. The molecule has 0 fully saturated rings. The zero-order chi connectivity index (χ0) is 19.3. The van der Waals surface area contributed by atoms with E-state index in [1.165, 1.54) is 6.07 Å². The quantitative estimate of drug-likeness (QED) is 0.411. The average Bonchev–Trinajstić information content (AvgIpc) is 2.67. The van der Waals surface area contributed by atoms with Crippen LogP contribution in [-0.4, -0.2) is 17.3 Å². The summed E-state index contributed by atoms with van der Waals surface area (Å²) in [6.07, 6.45) is 0. The minimum Gasteiger partial charge on any atom is -0.398 e. The molecule has 0 unspecified atom stereocenters. The standard InChI is InChI=1S/C21H13ClN2O3/c22-11-7-5-10(6-8-11)19(25)14-9-15(23)16-17(18(14)24)21(27)13-4-2-1-3-12(13)20(16)26/h1-9H,23-24H2. The van der Waals surface area contributed by atoms with Crippen molar-refractivity contribution in [1.29, 1.82) is 0 Å². The van der Waals surface area contributed by atoms with Gasteiger partial charge in [0.25, 0.3) is 0 Å². The Kier molecular flexibility index (Phi) is 3.82. The van der Waals surface area contributed by atoms with Crippen molar-refractivity contribution in [2.24, 2.45) is 0 Å². The number of carbonyl (C=O) groups excluding carboxylic acids is 3. The molecule has 0 radical (unpaired) electrons. The van der Waals surface area contributed by atoms with E-state index in [4.69, 9.17) is 23.1 Å². The summed E-state index contributed by atoms with van der Waals surface area (Å²) in [5.74, 6) is -1.21. The summed E-state index contributed by atoms with van der Waals surface area (Å²) >= 11 is 5.86. The Balaban J connectivity index is 1.93. The molecule has 5 nitrogen and oxygen atoms in total. The molecule has 1 aliphatic rings. The largest absolute Gasteiger partial charge is 0.398 e. The van der Waals surface area contributed by atoms with Crippen LogP contribution < -0.4 is 11.5 Å². The van der Waals surface area contributed by atoms with Gasteiger partial charge >= 0.3 is 0 Å². The van der Waals surface area contributed by atoms with E-state index >= 15 is 0 Å². The number of halogens is 1. The molecule has 0 bridgehead atoms. The van der Waals surface area contributed by atoms with E-state index in [-0.39, 0.29) is 45.0 Å². The summed E-state index contributed by atoms with van der Waals surface area (Å²) in [4.78, 5) is 38.7. The molecule has 0 spiro atoms. The zero-order valence-corrected chi connectivity index (χ0v) is 14.7. The van der Waals surface area contributed by atoms with E-state index in [9.17, 15) is 14.4 Å². The van der Waals surface area contributed by atoms with Gasteiger partial charge in [-0.1, -0.05) is 35.9 Å². The van der Waals surface area contributed by atoms with E-state index in [1.807, 2.05) is 0 Å². The van der Waals surface area contributed by atoms with E-state index in [0.29, 0.717) is 10.6 Å². The van der Waals surface area contributed by atoms with Gasteiger partial charge in [-0.2, -0.15) is 0 Å². The van der Waals surface area contributed by atoms with Gasteiger partial charge in [-0.25, -0.2) is 0 Å². The zero-order valence-electron chi connectivity index (χ0n) is 14.0. The molecule has 4 N–H and O–H groups in total. The third-order valence-electron chi connectivity index (χ3n) is 4.62. The van der Waals surface area contributed by atoms with Crippen molar-refractivity contribution in [3.63, 3.8) is 0 Å². The second-order valence-electron chi connectivity index (χ2n) is 6.22. The molecule has 0 heterocycles. The maximum Gasteiger partial charge on any atom is 0.196 e. The molecule has 6 heteroatoms. The number of nitrogens with two attached hydrogens (primary N) is 2. The molecule has 0 atom stereocenters. The monoisotopic (exact) mass is 376 g/mol. The van der Waals surface area contributed by atoms with Crippen LogP contribution in [0.25, 0.3) is 0 Å². The fraction of sp³-hybridized carbons (Fsp3) is 0. The number of anilines is 2. The summed E-state index contributed by atoms with van der Waals surface area (Å²) in [7, 11) is 0. The number of carbonyl (C=O) groups is 3. The summed E-state index contributed by atoms with van der Waals surface area (Å²) < 4.78 is 0. The van der Waals surface area contributed by atoms with Gasteiger partial charge in [0.1, 0.15) is 0 Å². The Bertz CT molecular complexity index is 1150. The van der Waals surface area contributed by atoms with E-state index < -0.39 is 11.6 Å². The van der Waals surface area contributed by atoms with Gasteiger partial charge in [0.05, 0.1) is 16.8 Å². The van der Waals surface area contributed by atoms with Gasteiger partial charge in [0, 0.05) is 33.0 Å². The SMILES string of the molecule is Nc1cc(C(=O)c2ccc(Cl)cc2)c(N)c2c1C(=O)c1ccccc1C2=O. The molecule has 27 heavy (non-hydrogen) atoms. The Morgan fingerprint density at radius 2 is 1.37 bits per heavy atom. The lowest BCUT2D eigenvalue weighted by Gasteiger charge is -2.22. The van der Waals surface area contributed by atoms with Gasteiger partial charge in [0.2, 0.25) is 0 Å². The van der Waals surface area contributed by atoms with Crippen LogP contribution in [0.3, 0.4) is 0 Å². The van der Waals surface area contributed by atoms with Crippen LogP contribution in [0.2, 0.25) is 5.02 Å². The highest BCUT2D eigenvalue weighted by molar-refractivity contribution is 6.33. The smallest absolute Gasteiger partial charge is 0.196 e. The molecule has 3 aromatic rings. The second kappa shape index (κ2) is 6.07. The Morgan fingerprint density at radius 1 is 0.815 bits per heavy atom. The molecule has 0 amide bonds. The van der Waals surface area contributed by atoms with E-state index in [0.717, 1.165) is 0 Å². The van der Waals surface area contributed by atoms with Crippen LogP contribution in [0.4, 0.5) is 11.4 Å². The van der Waals surface area contributed by atoms with E-state index in [2.05, 4.69) is 0 Å². The van der Waals surface area contributed by atoms with Crippen molar-refractivity contribution in [3.05, 3.63) is 93.0 Å². The van der Waals surface area contributed by atoms with Gasteiger partial charge in [-0.05, 0) is 30.3 Å². The third-order valence-corrected chi connectivity index (χ3v) is 4.87. The highest BCUT2D eigenvalue weighted by atomic mass is 35.5. The van der Waals surface area contributed by atoms with Crippen molar-refractivity contribution in [3.8, 4) is 0 Å². The van der Waals surface area contributed by atoms with Crippen LogP contribution in [0, 0.1) is 0 Å². The molecular formula is C21H13ClN2O3. The van der Waals surface area contributed by atoms with Gasteiger partial charge in [-0.3, -0.25) is 14.4 Å². The summed E-state index contributed by atoms with van der Waals surface area (Å²) in [6, 6.07) is 14.1. The molecule has 0 saturated heterocycles. The lowest BCUT2D eigenvalue weighted by atomic mass is 9.80. The fourth-order valence-electron chi connectivity index (χ4n) is 3.29. The minimum atomic E-state index is -0.421. The maximum atomic E-state index is 13.0. The predicted octanol–water partition coefficient (Wildman–Crippen LogP) is 3.51. The highest BCUT2D eigenvalue weighted by Crippen LogP contribution is 2.37. The average molecular weight is 377 g/mol. The maximum absolute atomic E-state index is 13.0. The van der Waals surface area contributed by atoms with Gasteiger partial charge in [-0.15, -0.1) is 0 Å². The van der Waals surface area contributed by atoms with Gasteiger partial charge < -0.3 is 11.5 Å². The summed E-state index contributed by atoms with van der Waals surface area (Å²) in [5.41, 5.74) is 13.2. The second-order valence-corrected chi connectivity index (χ2v) is 6.65. The molecule has 4 rings (SSSR count). The van der Waals surface area contributed by atoms with Crippen molar-refractivity contribution in [2.75, 3.05) is 11.5 Å². The fourth-order valence-corrected chi connectivity index (χ4v) is 3.42. The topological polar surface area (TPSA) is 103 Å². The third kappa shape index (κ3) is 2.52. The number of fused-ring (bicyclic) bond motifs is 2. The summed E-state index contributed by atoms with van der Waals surface area (Å²) in [6.45, 7) is 0. The number of ketones is 3. The first-order valence-corrected chi connectivity index (χ1v) is 8.48. The number of hydrogen-bond donors (Lipinski definition) is 2. The highest BCUT2D eigenvalue weighted by Gasteiger charge is 2.34. The Hall–Kier alpha value is -3.44. The normalized spacial score (nSPS) is 12.5. The molecular weight excluding hydrogens is 364 g/mol. The van der Waals surface area contributed by atoms with Crippen molar-refractivity contribution >= 4 is 40.3 Å². The van der Waals surface area contributed by atoms with Gasteiger partial charge in [0.15, 0.2) is 17.3 Å². The molecule has 3 aromatic carbocycles. The van der Waals surface area contributed by atoms with Crippen LogP contribution in [-0.2, 0) is 0 Å². The van der Waals surface area contributed by atoms with Crippen LogP contribution in [0.15, 0.2) is 54.6 Å². The van der Waals surface area contributed by atoms with Crippen LogP contribution >= 0.6 is 11.6 Å². The summed E-state index contributed by atoms with van der Waals surface area (Å²) in [5, 5.41) is 0.488. The minimum absolute atomic E-state index is 0.0176. The van der Waals surface area contributed by atoms with E-state index in [1.54, 1.807) is 48.5 Å².